The maximum absolute atomic E-state index is 12.9. The van der Waals surface area contributed by atoms with Gasteiger partial charge in [-0.2, -0.15) is 0 Å². The lowest BCUT2D eigenvalue weighted by Gasteiger charge is -2.19. The van der Waals surface area contributed by atoms with E-state index in [4.69, 9.17) is 0 Å². The number of carbonyl (C=O) groups is 2. The molecule has 0 radical (unpaired) electrons. The molecule has 7 nitrogen and oxygen atoms in total. The number of anilines is 1. The number of ether oxygens (including phenoxy) is 1. The Labute approximate surface area is 171 Å². The molecule has 2 rings (SSSR count). The second kappa shape index (κ2) is 10.6. The zero-order valence-corrected chi connectivity index (χ0v) is 17.4. The van der Waals surface area contributed by atoms with Crippen molar-refractivity contribution in [1.82, 2.24) is 5.32 Å². The van der Waals surface area contributed by atoms with E-state index in [2.05, 4.69) is 10.1 Å². The molecule has 0 fully saturated rings. The number of para-hydroxylation sites is 1. The van der Waals surface area contributed by atoms with Gasteiger partial charge in [0.1, 0.15) is 0 Å². The third-order valence-electron chi connectivity index (χ3n) is 4.45. The molecule has 0 saturated carbocycles. The Balaban J connectivity index is 1.96. The zero-order chi connectivity index (χ0) is 21.3. The minimum atomic E-state index is -3.78. The SMILES string of the molecule is COC(=O)CCCCCNC(=O)c1cccc(S(=O)(=O)N(C)c2ccccc2)c1. The molecule has 0 aromatic heterocycles. The van der Waals surface area contributed by atoms with Gasteiger partial charge in [0.25, 0.3) is 15.9 Å². The maximum Gasteiger partial charge on any atom is 0.305 e. The Morgan fingerprint density at radius 1 is 1.00 bits per heavy atom. The number of carbonyl (C=O) groups excluding carboxylic acids is 2. The Morgan fingerprint density at radius 3 is 2.41 bits per heavy atom. The van der Waals surface area contributed by atoms with Gasteiger partial charge in [0, 0.05) is 25.6 Å². The predicted octanol–water partition coefficient (Wildman–Crippen LogP) is 2.97. The summed E-state index contributed by atoms with van der Waals surface area (Å²) >= 11 is 0. The number of unbranched alkanes of at least 4 members (excludes halogenated alkanes) is 2. The molecule has 0 saturated heterocycles. The molecular weight excluding hydrogens is 392 g/mol. The normalized spacial score (nSPS) is 11.0. The van der Waals surface area contributed by atoms with Crippen molar-refractivity contribution in [2.45, 2.75) is 30.6 Å². The van der Waals surface area contributed by atoms with E-state index in [1.54, 1.807) is 36.4 Å². The molecule has 0 heterocycles. The molecule has 0 bridgehead atoms. The van der Waals surface area contributed by atoms with E-state index < -0.39 is 10.0 Å². The van der Waals surface area contributed by atoms with Crippen molar-refractivity contribution in [3.8, 4) is 0 Å². The fourth-order valence-electron chi connectivity index (χ4n) is 2.71. The summed E-state index contributed by atoms with van der Waals surface area (Å²) in [4.78, 5) is 23.5. The quantitative estimate of drug-likeness (QED) is 0.473. The number of sulfonamides is 1. The molecule has 29 heavy (non-hydrogen) atoms. The minimum absolute atomic E-state index is 0.0505. The van der Waals surface area contributed by atoms with Crippen molar-refractivity contribution in [3.05, 3.63) is 60.2 Å². The zero-order valence-electron chi connectivity index (χ0n) is 16.6. The van der Waals surface area contributed by atoms with Gasteiger partial charge in [0.15, 0.2) is 0 Å². The second-order valence-corrected chi connectivity index (χ2v) is 8.45. The second-order valence-electron chi connectivity index (χ2n) is 6.48. The minimum Gasteiger partial charge on any atom is -0.469 e. The van der Waals surface area contributed by atoms with Crippen LogP contribution in [0.4, 0.5) is 5.69 Å². The van der Waals surface area contributed by atoms with Gasteiger partial charge in [-0.15, -0.1) is 0 Å². The van der Waals surface area contributed by atoms with E-state index in [-0.39, 0.29) is 22.3 Å². The summed E-state index contributed by atoms with van der Waals surface area (Å²) in [6.07, 6.45) is 2.56. The van der Waals surface area contributed by atoms with Crippen molar-refractivity contribution in [2.75, 3.05) is 25.0 Å². The van der Waals surface area contributed by atoms with Crippen LogP contribution >= 0.6 is 0 Å². The molecule has 1 N–H and O–H groups in total. The third kappa shape index (κ3) is 6.32. The first kappa shape index (κ1) is 22.4. The molecule has 0 atom stereocenters. The molecule has 0 unspecified atom stereocenters. The highest BCUT2D eigenvalue weighted by Crippen LogP contribution is 2.22. The summed E-state index contributed by atoms with van der Waals surface area (Å²) < 4.78 is 31.5. The largest absolute Gasteiger partial charge is 0.469 e. The standard InChI is InChI=1S/C21H26N2O5S/c1-23(18-11-5-3-6-12-18)29(26,27)19-13-9-10-17(16-19)21(25)22-15-8-4-7-14-20(24)28-2/h3,5-6,9-13,16H,4,7-8,14-15H2,1-2H3,(H,22,25). The first-order chi connectivity index (χ1) is 13.9. The Bertz CT molecular complexity index is 929. The monoisotopic (exact) mass is 418 g/mol. The van der Waals surface area contributed by atoms with Crippen LogP contribution in [0.5, 0.6) is 0 Å². The molecule has 2 aromatic rings. The number of hydrogen-bond acceptors (Lipinski definition) is 5. The first-order valence-electron chi connectivity index (χ1n) is 9.35. The number of nitrogens with zero attached hydrogens (tertiary/aromatic N) is 1. The summed E-state index contributed by atoms with van der Waals surface area (Å²) in [5.74, 6) is -0.579. The van der Waals surface area contributed by atoms with Crippen LogP contribution in [0.15, 0.2) is 59.5 Å². The Morgan fingerprint density at radius 2 is 1.72 bits per heavy atom. The van der Waals surface area contributed by atoms with Gasteiger partial charge < -0.3 is 10.1 Å². The van der Waals surface area contributed by atoms with Crippen LogP contribution in [-0.2, 0) is 19.6 Å². The van der Waals surface area contributed by atoms with Gasteiger partial charge in [-0.1, -0.05) is 30.7 Å². The number of amides is 1. The molecule has 156 valence electrons. The van der Waals surface area contributed by atoms with Gasteiger partial charge in [-0.25, -0.2) is 8.42 Å². The summed E-state index contributed by atoms with van der Waals surface area (Å²) in [5, 5.41) is 2.78. The highest BCUT2D eigenvalue weighted by Gasteiger charge is 2.22. The summed E-state index contributed by atoms with van der Waals surface area (Å²) in [6, 6.07) is 14.7. The van der Waals surface area contributed by atoms with Crippen LogP contribution in [0.3, 0.4) is 0 Å². The summed E-state index contributed by atoms with van der Waals surface area (Å²) in [5.41, 5.74) is 0.816. The lowest BCUT2D eigenvalue weighted by Crippen LogP contribution is -2.28. The van der Waals surface area contributed by atoms with Crippen LogP contribution in [0.1, 0.15) is 36.0 Å². The number of methoxy groups -OCH3 is 1. The number of hydrogen-bond donors (Lipinski definition) is 1. The molecule has 0 aliphatic heterocycles. The molecule has 0 aliphatic rings. The molecule has 2 aromatic carbocycles. The summed E-state index contributed by atoms with van der Waals surface area (Å²) in [6.45, 7) is 0.445. The number of nitrogens with one attached hydrogen (secondary N) is 1. The number of rotatable bonds is 10. The van der Waals surface area contributed by atoms with Gasteiger partial charge >= 0.3 is 5.97 Å². The highest BCUT2D eigenvalue weighted by molar-refractivity contribution is 7.92. The van der Waals surface area contributed by atoms with Crippen LogP contribution < -0.4 is 9.62 Å². The van der Waals surface area contributed by atoms with Crippen LogP contribution in [0.2, 0.25) is 0 Å². The number of benzene rings is 2. The lowest BCUT2D eigenvalue weighted by atomic mass is 10.2. The number of esters is 1. The van der Waals surface area contributed by atoms with Gasteiger partial charge in [-0.05, 0) is 43.2 Å². The first-order valence-corrected chi connectivity index (χ1v) is 10.8. The van der Waals surface area contributed by atoms with E-state index >= 15 is 0 Å². The van der Waals surface area contributed by atoms with Crippen molar-refractivity contribution >= 4 is 27.6 Å². The van der Waals surface area contributed by atoms with E-state index in [1.165, 1.54) is 30.6 Å². The fraction of sp³-hybridized carbons (Fsp3) is 0.333. The van der Waals surface area contributed by atoms with Crippen molar-refractivity contribution in [3.63, 3.8) is 0 Å². The van der Waals surface area contributed by atoms with E-state index in [9.17, 15) is 18.0 Å². The molecule has 0 aliphatic carbocycles. The predicted molar refractivity (Wildman–Crippen MR) is 111 cm³/mol. The van der Waals surface area contributed by atoms with E-state index in [0.717, 1.165) is 12.8 Å². The Kier molecular flexibility index (Phi) is 8.21. The van der Waals surface area contributed by atoms with E-state index in [0.29, 0.717) is 25.1 Å². The van der Waals surface area contributed by atoms with Crippen molar-refractivity contribution in [1.29, 1.82) is 0 Å². The van der Waals surface area contributed by atoms with Crippen molar-refractivity contribution < 1.29 is 22.7 Å². The molecule has 8 heteroatoms. The average molecular weight is 419 g/mol. The summed E-state index contributed by atoms with van der Waals surface area (Å²) in [7, 11) is -0.948. The third-order valence-corrected chi connectivity index (χ3v) is 6.23. The van der Waals surface area contributed by atoms with E-state index in [1.807, 2.05) is 6.07 Å². The van der Waals surface area contributed by atoms with Gasteiger partial charge in [0.05, 0.1) is 17.7 Å². The van der Waals surface area contributed by atoms with Crippen LogP contribution in [0, 0.1) is 0 Å². The van der Waals surface area contributed by atoms with Crippen LogP contribution in [0.25, 0.3) is 0 Å². The smallest absolute Gasteiger partial charge is 0.305 e. The molecule has 1 amide bonds. The van der Waals surface area contributed by atoms with Crippen LogP contribution in [-0.4, -0.2) is 41.0 Å². The maximum atomic E-state index is 12.9. The topological polar surface area (TPSA) is 92.8 Å². The molecular formula is C21H26N2O5S. The molecule has 0 spiro atoms. The van der Waals surface area contributed by atoms with Gasteiger partial charge in [0.2, 0.25) is 0 Å². The van der Waals surface area contributed by atoms with Crippen molar-refractivity contribution in [2.24, 2.45) is 0 Å². The lowest BCUT2D eigenvalue weighted by molar-refractivity contribution is -0.140. The fourth-order valence-corrected chi connectivity index (χ4v) is 3.95. The highest BCUT2D eigenvalue weighted by atomic mass is 32.2. The van der Waals surface area contributed by atoms with Gasteiger partial charge in [-0.3, -0.25) is 13.9 Å². The Hall–Kier alpha value is -2.87. The average Bonchev–Trinajstić information content (AvgIpc) is 2.75.